The first-order valence-electron chi connectivity index (χ1n) is 4.42. The van der Waals surface area contributed by atoms with Gasteiger partial charge in [-0.2, -0.15) is 0 Å². The second kappa shape index (κ2) is 4.57. The summed E-state index contributed by atoms with van der Waals surface area (Å²) in [5.41, 5.74) is 2.07. The lowest BCUT2D eigenvalue weighted by Gasteiger charge is -2.02. The maximum atomic E-state index is 11.2. The molecule has 0 atom stereocenters. The number of benzene rings is 1. The lowest BCUT2D eigenvalue weighted by molar-refractivity contribution is -0.134. The van der Waals surface area contributed by atoms with Crippen LogP contribution in [0.4, 0.5) is 0 Å². The third-order valence-corrected chi connectivity index (χ3v) is 4.07. The molecule has 0 amide bonds. The third-order valence-electron chi connectivity index (χ3n) is 2.23. The first kappa shape index (κ1) is 11.0. The molecule has 1 aromatic rings. The molecule has 0 spiro atoms. The Labute approximate surface area is 106 Å². The molecule has 0 saturated carbocycles. The van der Waals surface area contributed by atoms with Crippen molar-refractivity contribution in [1.29, 1.82) is 0 Å². The third kappa shape index (κ3) is 2.20. The number of rotatable bonds is 2. The van der Waals surface area contributed by atoms with Crippen LogP contribution in [-0.2, 0) is 9.53 Å². The van der Waals surface area contributed by atoms with Gasteiger partial charge in [0.25, 0.3) is 0 Å². The van der Waals surface area contributed by atoms with Gasteiger partial charge in [-0.3, -0.25) is 0 Å². The van der Waals surface area contributed by atoms with Crippen LogP contribution in [0.3, 0.4) is 0 Å². The predicted molar refractivity (Wildman–Crippen MR) is 70.1 cm³/mol. The summed E-state index contributed by atoms with van der Waals surface area (Å²) in [7, 11) is 0. The van der Waals surface area contributed by atoms with Crippen molar-refractivity contribution in [2.45, 2.75) is 4.90 Å². The molecule has 1 aromatic carbocycles. The van der Waals surface area contributed by atoms with Crippen molar-refractivity contribution in [3.8, 4) is 0 Å². The van der Waals surface area contributed by atoms with Crippen molar-refractivity contribution in [3.05, 3.63) is 33.4 Å². The highest BCUT2D eigenvalue weighted by Gasteiger charge is 2.23. The number of halogens is 1. The Bertz CT molecular complexity index is 423. The maximum Gasteiger partial charge on any atom is 0.345 e. The van der Waals surface area contributed by atoms with E-state index in [2.05, 4.69) is 12.1 Å². The monoisotopic (exact) mass is 332 g/mol. The number of cyclic esters (lactones) is 1. The zero-order valence-electron chi connectivity index (χ0n) is 8.12. The zero-order valence-corrected chi connectivity index (χ0v) is 11.1. The Hall–Kier alpha value is -0.490. The number of hydrogen-bond acceptors (Lipinski definition) is 3. The highest BCUT2D eigenvalue weighted by molar-refractivity contribution is 14.1. The van der Waals surface area contributed by atoms with Crippen LogP contribution in [0, 0.1) is 0 Å². The average molecular weight is 332 g/mol. The Morgan fingerprint density at radius 1 is 1.33 bits per heavy atom. The summed E-state index contributed by atoms with van der Waals surface area (Å²) in [4.78, 5) is 12.4. The number of thioether (sulfide) groups is 1. The van der Waals surface area contributed by atoms with Gasteiger partial charge >= 0.3 is 5.97 Å². The second-order valence-electron chi connectivity index (χ2n) is 3.10. The molecule has 1 heterocycles. The summed E-state index contributed by atoms with van der Waals surface area (Å²) < 4.78 is 5.66. The van der Waals surface area contributed by atoms with Crippen molar-refractivity contribution < 1.29 is 9.53 Å². The normalized spacial score (nSPS) is 15.7. The van der Waals surface area contributed by atoms with Crippen molar-refractivity contribution in [3.63, 3.8) is 0 Å². The van der Waals surface area contributed by atoms with E-state index in [4.69, 9.17) is 4.74 Å². The number of hydrogen-bond donors (Lipinski definition) is 0. The van der Waals surface area contributed by atoms with Crippen LogP contribution in [-0.4, -0.2) is 18.8 Å². The van der Waals surface area contributed by atoms with Crippen LogP contribution in [0.25, 0.3) is 5.57 Å². The summed E-state index contributed by atoms with van der Waals surface area (Å²) in [5, 5.41) is 0. The minimum absolute atomic E-state index is 0.209. The van der Waals surface area contributed by atoms with E-state index in [1.54, 1.807) is 11.8 Å². The van der Waals surface area contributed by atoms with Crippen LogP contribution in [0.5, 0.6) is 0 Å². The minimum Gasteiger partial charge on any atom is -0.457 e. The molecule has 0 unspecified atom stereocenters. The molecule has 1 aliphatic rings. The smallest absolute Gasteiger partial charge is 0.345 e. The summed E-state index contributed by atoms with van der Waals surface area (Å²) >= 11 is 3.75. The topological polar surface area (TPSA) is 26.3 Å². The van der Waals surface area contributed by atoms with Gasteiger partial charge in [0.15, 0.2) is 0 Å². The molecule has 0 aromatic heterocycles. The fourth-order valence-electron chi connectivity index (χ4n) is 1.39. The quantitative estimate of drug-likeness (QED) is 0.473. The van der Waals surface area contributed by atoms with Crippen LogP contribution in [0.1, 0.15) is 5.56 Å². The lowest BCUT2D eigenvalue weighted by atomic mass is 10.1. The number of ether oxygens (including phenoxy) is 1. The molecular formula is C11H9IO2S. The summed E-state index contributed by atoms with van der Waals surface area (Å²) in [6, 6.07) is 8.17. The average Bonchev–Trinajstić information content (AvgIpc) is 2.60. The summed E-state index contributed by atoms with van der Waals surface area (Å²) in [5.74, 6) is -0.209. The zero-order chi connectivity index (χ0) is 10.8. The van der Waals surface area contributed by atoms with E-state index < -0.39 is 0 Å². The van der Waals surface area contributed by atoms with Crippen LogP contribution in [0.2, 0.25) is 0 Å². The van der Waals surface area contributed by atoms with Gasteiger partial charge in [-0.15, -0.1) is 11.8 Å². The molecule has 78 valence electrons. The molecule has 1 aliphatic heterocycles. The molecule has 0 aliphatic carbocycles. The lowest BCUT2D eigenvalue weighted by Crippen LogP contribution is -1.93. The van der Waals surface area contributed by atoms with Gasteiger partial charge in [-0.05, 0) is 46.5 Å². The highest BCUT2D eigenvalue weighted by Crippen LogP contribution is 2.30. The Kier molecular flexibility index (Phi) is 3.35. The van der Waals surface area contributed by atoms with Gasteiger partial charge < -0.3 is 4.74 Å². The first-order valence-corrected chi connectivity index (χ1v) is 6.73. The van der Waals surface area contributed by atoms with Crippen molar-refractivity contribution in [2.24, 2.45) is 0 Å². The molecule has 0 radical (unpaired) electrons. The minimum atomic E-state index is -0.209. The van der Waals surface area contributed by atoms with Gasteiger partial charge in [0.1, 0.15) is 10.2 Å². The molecule has 0 fully saturated rings. The van der Waals surface area contributed by atoms with Gasteiger partial charge in [0, 0.05) is 10.5 Å². The van der Waals surface area contributed by atoms with Crippen molar-refractivity contribution >= 4 is 45.9 Å². The Morgan fingerprint density at radius 2 is 2.00 bits per heavy atom. The van der Waals surface area contributed by atoms with E-state index in [0.29, 0.717) is 10.2 Å². The molecule has 0 saturated heterocycles. The first-order chi connectivity index (χ1) is 7.22. The van der Waals surface area contributed by atoms with E-state index >= 15 is 0 Å². The summed E-state index contributed by atoms with van der Waals surface area (Å²) in [6.07, 6.45) is 2.04. The fraction of sp³-hybridized carbons (Fsp3) is 0.182. The highest BCUT2D eigenvalue weighted by atomic mass is 127. The molecule has 0 N–H and O–H groups in total. The molecular weight excluding hydrogens is 323 g/mol. The Morgan fingerprint density at radius 3 is 2.47 bits per heavy atom. The van der Waals surface area contributed by atoms with Crippen LogP contribution < -0.4 is 0 Å². The number of carbonyl (C=O) groups is 1. The van der Waals surface area contributed by atoms with Gasteiger partial charge in [0.2, 0.25) is 0 Å². The van der Waals surface area contributed by atoms with Gasteiger partial charge in [-0.25, -0.2) is 4.79 Å². The molecule has 0 bridgehead atoms. The molecule has 2 rings (SSSR count). The largest absolute Gasteiger partial charge is 0.457 e. The second-order valence-corrected chi connectivity index (χ2v) is 5.06. The predicted octanol–water partition coefficient (Wildman–Crippen LogP) is 3.11. The van der Waals surface area contributed by atoms with E-state index in [9.17, 15) is 4.79 Å². The van der Waals surface area contributed by atoms with E-state index in [-0.39, 0.29) is 5.97 Å². The molecule has 2 nitrogen and oxygen atoms in total. The number of esters is 1. The fourth-order valence-corrected chi connectivity index (χ4v) is 2.42. The maximum absolute atomic E-state index is 11.2. The standard InChI is InChI=1S/C11H9IO2S/c1-15-8-4-2-7(3-5-8)9-6-14-11(13)10(9)12/h2-5H,6H2,1H3. The van der Waals surface area contributed by atoms with E-state index in [0.717, 1.165) is 11.1 Å². The Balaban J connectivity index is 2.34. The van der Waals surface area contributed by atoms with Crippen LogP contribution >= 0.6 is 34.4 Å². The summed E-state index contributed by atoms with van der Waals surface area (Å²) in [6.45, 7) is 0.399. The van der Waals surface area contributed by atoms with E-state index in [1.165, 1.54) is 4.90 Å². The van der Waals surface area contributed by atoms with Gasteiger partial charge in [-0.1, -0.05) is 12.1 Å². The SMILES string of the molecule is CSc1ccc(C2=C(I)C(=O)OC2)cc1. The van der Waals surface area contributed by atoms with Crippen LogP contribution in [0.15, 0.2) is 32.7 Å². The van der Waals surface area contributed by atoms with Gasteiger partial charge in [0.05, 0.1) is 0 Å². The van der Waals surface area contributed by atoms with Crippen molar-refractivity contribution in [2.75, 3.05) is 12.9 Å². The van der Waals surface area contributed by atoms with Crippen molar-refractivity contribution in [1.82, 2.24) is 0 Å². The van der Waals surface area contributed by atoms with E-state index in [1.807, 2.05) is 41.0 Å². The molecule has 15 heavy (non-hydrogen) atoms. The molecule has 4 heteroatoms. The number of carbonyl (C=O) groups excluding carboxylic acids is 1.